The highest BCUT2D eigenvalue weighted by Crippen LogP contribution is 2.25. The van der Waals surface area contributed by atoms with Crippen molar-refractivity contribution in [3.8, 4) is 0 Å². The van der Waals surface area contributed by atoms with E-state index in [0.717, 1.165) is 17.5 Å². The summed E-state index contributed by atoms with van der Waals surface area (Å²) in [5.41, 5.74) is 1.95. The van der Waals surface area contributed by atoms with Crippen molar-refractivity contribution in [3.63, 3.8) is 0 Å². The first-order chi connectivity index (χ1) is 10.6. The Morgan fingerprint density at radius 1 is 1.27 bits per heavy atom. The van der Waals surface area contributed by atoms with E-state index in [1.165, 1.54) is 18.6 Å². The van der Waals surface area contributed by atoms with Crippen LogP contribution >= 0.6 is 0 Å². The predicted molar refractivity (Wildman–Crippen MR) is 80.0 cm³/mol. The van der Waals surface area contributed by atoms with Gasteiger partial charge in [0.1, 0.15) is 5.69 Å². The molecule has 1 aromatic heterocycles. The largest absolute Gasteiger partial charge is 0.347 e. The molecule has 0 aliphatic carbocycles. The lowest BCUT2D eigenvalue weighted by atomic mass is 10.1. The number of carbonyl (C=O) groups excluding carboxylic acids is 1. The number of rotatable bonds is 3. The van der Waals surface area contributed by atoms with Crippen LogP contribution in [0.4, 0.5) is 0 Å². The molecule has 0 fully saturated rings. The molecular weight excluding hydrogens is 302 g/mol. The number of amides is 1. The first kappa shape index (κ1) is 14.6. The van der Waals surface area contributed by atoms with Crippen LogP contribution < -0.4 is 5.32 Å². The summed E-state index contributed by atoms with van der Waals surface area (Å²) in [6, 6.07) is 5.22. The number of hydrogen-bond acceptors (Lipinski definition) is 5. The van der Waals surface area contributed by atoms with E-state index < -0.39 is 9.84 Å². The van der Waals surface area contributed by atoms with E-state index in [1.54, 1.807) is 12.1 Å². The van der Waals surface area contributed by atoms with Crippen LogP contribution in [0.15, 0.2) is 41.7 Å². The molecule has 1 aliphatic rings. The second-order valence-corrected chi connectivity index (χ2v) is 7.22. The number of aromatic nitrogens is 2. The highest BCUT2D eigenvalue weighted by Gasteiger charge is 2.23. The van der Waals surface area contributed by atoms with Gasteiger partial charge >= 0.3 is 0 Å². The smallest absolute Gasteiger partial charge is 0.271 e. The quantitative estimate of drug-likeness (QED) is 0.916. The van der Waals surface area contributed by atoms with Crippen LogP contribution in [0.2, 0.25) is 0 Å². The van der Waals surface area contributed by atoms with Gasteiger partial charge in [-0.2, -0.15) is 0 Å². The van der Waals surface area contributed by atoms with Crippen LogP contribution in [0, 0.1) is 0 Å². The number of nitrogens with one attached hydrogen (secondary N) is 1. The van der Waals surface area contributed by atoms with Gasteiger partial charge in [0.25, 0.3) is 5.91 Å². The standard InChI is InChI=1S/C15H15N3O3S/c19-15(13-10-16-5-6-17-13)18-9-11-3-4-14-12(8-11)2-1-7-22(14,20)21/h3-6,8,10H,1-2,7,9H2,(H,18,19). The maximum absolute atomic E-state index is 12.0. The highest BCUT2D eigenvalue weighted by atomic mass is 32.2. The molecule has 7 heteroatoms. The van der Waals surface area contributed by atoms with Crippen LogP contribution in [-0.2, 0) is 22.8 Å². The number of nitrogens with zero attached hydrogens (tertiary/aromatic N) is 2. The van der Waals surface area contributed by atoms with E-state index in [9.17, 15) is 13.2 Å². The number of sulfone groups is 1. The number of hydrogen-bond donors (Lipinski definition) is 1. The fraction of sp³-hybridized carbons (Fsp3) is 0.267. The third-order valence-electron chi connectivity index (χ3n) is 3.57. The summed E-state index contributed by atoms with van der Waals surface area (Å²) in [7, 11) is -3.14. The molecule has 6 nitrogen and oxygen atoms in total. The summed E-state index contributed by atoms with van der Waals surface area (Å²) < 4.78 is 23.9. The van der Waals surface area contributed by atoms with Gasteiger partial charge in [0.15, 0.2) is 9.84 Å². The van der Waals surface area contributed by atoms with Crippen LogP contribution in [0.25, 0.3) is 0 Å². The lowest BCUT2D eigenvalue weighted by Gasteiger charge is -2.17. The maximum Gasteiger partial charge on any atom is 0.271 e. The molecule has 22 heavy (non-hydrogen) atoms. The van der Waals surface area contributed by atoms with E-state index >= 15 is 0 Å². The van der Waals surface area contributed by atoms with Gasteiger partial charge in [0.2, 0.25) is 0 Å². The van der Waals surface area contributed by atoms with Crippen molar-refractivity contribution in [1.82, 2.24) is 15.3 Å². The molecule has 2 heterocycles. The third-order valence-corrected chi connectivity index (χ3v) is 5.46. The Hall–Kier alpha value is -2.28. The summed E-state index contributed by atoms with van der Waals surface area (Å²) >= 11 is 0. The Labute approximate surface area is 128 Å². The molecule has 0 saturated carbocycles. The Kier molecular flexibility index (Phi) is 3.89. The average molecular weight is 317 g/mol. The van der Waals surface area contributed by atoms with Crippen molar-refractivity contribution in [2.24, 2.45) is 0 Å². The van der Waals surface area contributed by atoms with Crippen LogP contribution in [-0.4, -0.2) is 30.0 Å². The number of benzene rings is 1. The molecule has 1 aromatic carbocycles. The monoisotopic (exact) mass is 317 g/mol. The van der Waals surface area contributed by atoms with Gasteiger partial charge in [0.05, 0.1) is 16.8 Å². The van der Waals surface area contributed by atoms with Gasteiger partial charge in [-0.1, -0.05) is 12.1 Å². The van der Waals surface area contributed by atoms with E-state index in [-0.39, 0.29) is 17.4 Å². The Balaban J connectivity index is 1.73. The average Bonchev–Trinajstić information content (AvgIpc) is 2.53. The summed E-state index contributed by atoms with van der Waals surface area (Å²) in [5, 5.41) is 2.75. The molecule has 0 spiro atoms. The fourth-order valence-corrected chi connectivity index (χ4v) is 4.07. The van der Waals surface area contributed by atoms with E-state index in [1.807, 2.05) is 6.07 Å². The van der Waals surface area contributed by atoms with Crippen molar-refractivity contribution in [3.05, 3.63) is 53.6 Å². The molecule has 114 valence electrons. The Bertz CT molecular complexity index is 804. The normalized spacial score (nSPS) is 15.8. The van der Waals surface area contributed by atoms with Gasteiger partial charge in [-0.05, 0) is 30.0 Å². The van der Waals surface area contributed by atoms with Crippen molar-refractivity contribution >= 4 is 15.7 Å². The Morgan fingerprint density at radius 2 is 2.14 bits per heavy atom. The first-order valence-corrected chi connectivity index (χ1v) is 8.60. The fourth-order valence-electron chi connectivity index (χ4n) is 2.49. The number of fused-ring (bicyclic) bond motifs is 1. The molecule has 1 amide bonds. The summed E-state index contributed by atoms with van der Waals surface area (Å²) in [5.74, 6) is -0.0959. The minimum Gasteiger partial charge on any atom is -0.347 e. The van der Waals surface area contributed by atoms with Gasteiger partial charge in [-0.25, -0.2) is 13.4 Å². The minimum atomic E-state index is -3.14. The van der Waals surface area contributed by atoms with E-state index in [4.69, 9.17) is 0 Å². The Morgan fingerprint density at radius 3 is 2.91 bits per heavy atom. The van der Waals surface area contributed by atoms with Crippen molar-refractivity contribution in [2.45, 2.75) is 24.3 Å². The molecule has 0 saturated heterocycles. The lowest BCUT2D eigenvalue weighted by molar-refractivity contribution is 0.0945. The van der Waals surface area contributed by atoms with Gasteiger partial charge < -0.3 is 5.32 Å². The van der Waals surface area contributed by atoms with Gasteiger partial charge in [-0.3, -0.25) is 9.78 Å². The molecule has 0 unspecified atom stereocenters. The maximum atomic E-state index is 12.0. The third kappa shape index (κ3) is 2.99. The molecule has 1 aliphatic heterocycles. The lowest BCUT2D eigenvalue weighted by Crippen LogP contribution is -2.24. The molecule has 1 N–H and O–H groups in total. The summed E-state index contributed by atoms with van der Waals surface area (Å²) in [6.07, 6.45) is 5.75. The summed E-state index contributed by atoms with van der Waals surface area (Å²) in [6.45, 7) is 0.322. The van der Waals surface area contributed by atoms with Crippen molar-refractivity contribution in [1.29, 1.82) is 0 Å². The topological polar surface area (TPSA) is 89.0 Å². The zero-order chi connectivity index (χ0) is 15.6. The van der Waals surface area contributed by atoms with Crippen LogP contribution in [0.5, 0.6) is 0 Å². The van der Waals surface area contributed by atoms with Gasteiger partial charge in [0, 0.05) is 18.9 Å². The van der Waals surface area contributed by atoms with Crippen LogP contribution in [0.1, 0.15) is 28.0 Å². The van der Waals surface area contributed by atoms with Crippen LogP contribution in [0.3, 0.4) is 0 Å². The molecule has 2 aromatic rings. The highest BCUT2D eigenvalue weighted by molar-refractivity contribution is 7.91. The molecule has 0 radical (unpaired) electrons. The second-order valence-electron chi connectivity index (χ2n) is 5.14. The SMILES string of the molecule is O=C(NCc1ccc2c(c1)CCCS2(=O)=O)c1cnccn1. The van der Waals surface area contributed by atoms with Crippen molar-refractivity contribution < 1.29 is 13.2 Å². The molecular formula is C15H15N3O3S. The zero-order valence-corrected chi connectivity index (χ0v) is 12.6. The number of aryl methyl sites for hydroxylation is 1. The molecule has 0 bridgehead atoms. The minimum absolute atomic E-state index is 0.211. The van der Waals surface area contributed by atoms with E-state index in [2.05, 4.69) is 15.3 Å². The summed E-state index contributed by atoms with van der Waals surface area (Å²) in [4.78, 5) is 20.1. The molecule has 0 atom stereocenters. The van der Waals surface area contributed by atoms with Crippen molar-refractivity contribution in [2.75, 3.05) is 5.75 Å². The van der Waals surface area contributed by atoms with Gasteiger partial charge in [-0.15, -0.1) is 0 Å². The van der Waals surface area contributed by atoms with E-state index in [0.29, 0.717) is 17.9 Å². The second kappa shape index (κ2) is 5.84. The molecule has 3 rings (SSSR count). The zero-order valence-electron chi connectivity index (χ0n) is 11.8. The number of carbonyl (C=O) groups is 1. The predicted octanol–water partition coefficient (Wildman–Crippen LogP) is 1.13. The first-order valence-electron chi connectivity index (χ1n) is 6.95.